The molecule has 0 aromatic heterocycles. The first-order valence-corrected chi connectivity index (χ1v) is 7.64. The standard InChI is InChI=1S/C17H27NO2/c1-13(2)11-18-12-17(3,19)8-6-14-4-5-16-15(10-14)7-9-20-16/h4-5,10,13,18-19H,6-9,11-12H2,1-3H3. The number of ether oxygens (including phenoxy) is 1. The minimum atomic E-state index is -0.648. The summed E-state index contributed by atoms with van der Waals surface area (Å²) in [5, 5.41) is 13.7. The van der Waals surface area contributed by atoms with Gasteiger partial charge in [-0.3, -0.25) is 0 Å². The van der Waals surface area contributed by atoms with E-state index in [1.807, 2.05) is 6.92 Å². The molecule has 1 aromatic carbocycles. The second-order valence-electron chi connectivity index (χ2n) is 6.56. The number of rotatable bonds is 7. The lowest BCUT2D eigenvalue weighted by molar-refractivity contribution is 0.0506. The summed E-state index contributed by atoms with van der Waals surface area (Å²) in [6, 6.07) is 6.39. The first-order valence-electron chi connectivity index (χ1n) is 7.64. The summed E-state index contributed by atoms with van der Waals surface area (Å²) in [5.41, 5.74) is 1.95. The SMILES string of the molecule is CC(C)CNCC(C)(O)CCc1ccc2c(c1)CCO2. The zero-order valence-electron chi connectivity index (χ0n) is 12.9. The molecule has 2 N–H and O–H groups in total. The maximum absolute atomic E-state index is 10.4. The lowest BCUT2D eigenvalue weighted by atomic mass is 9.95. The Bertz CT molecular complexity index is 441. The van der Waals surface area contributed by atoms with Crippen LogP contribution in [0, 0.1) is 5.92 Å². The van der Waals surface area contributed by atoms with Crippen molar-refractivity contribution in [3.63, 3.8) is 0 Å². The first kappa shape index (κ1) is 15.3. The van der Waals surface area contributed by atoms with Crippen LogP contribution in [0.25, 0.3) is 0 Å². The van der Waals surface area contributed by atoms with Crippen LogP contribution >= 0.6 is 0 Å². The number of aliphatic hydroxyl groups is 1. The van der Waals surface area contributed by atoms with E-state index >= 15 is 0 Å². The predicted molar refractivity (Wildman–Crippen MR) is 82.3 cm³/mol. The molecular formula is C17H27NO2. The third-order valence-electron chi connectivity index (χ3n) is 3.76. The normalized spacial score (nSPS) is 16.9. The van der Waals surface area contributed by atoms with Gasteiger partial charge >= 0.3 is 0 Å². The molecule has 0 bridgehead atoms. The average molecular weight is 277 g/mol. The van der Waals surface area contributed by atoms with Crippen molar-refractivity contribution in [2.24, 2.45) is 5.92 Å². The summed E-state index contributed by atoms with van der Waals surface area (Å²) in [7, 11) is 0. The van der Waals surface area contributed by atoms with E-state index in [9.17, 15) is 5.11 Å². The highest BCUT2D eigenvalue weighted by Gasteiger charge is 2.20. The van der Waals surface area contributed by atoms with Crippen LogP contribution in [0.5, 0.6) is 5.75 Å². The molecule has 1 aliphatic rings. The number of nitrogens with one attached hydrogen (secondary N) is 1. The molecule has 3 nitrogen and oxygen atoms in total. The van der Waals surface area contributed by atoms with Crippen molar-refractivity contribution < 1.29 is 9.84 Å². The van der Waals surface area contributed by atoms with Crippen molar-refractivity contribution in [1.29, 1.82) is 0 Å². The van der Waals surface area contributed by atoms with Crippen molar-refractivity contribution in [2.45, 2.75) is 45.6 Å². The van der Waals surface area contributed by atoms with Crippen molar-refractivity contribution in [1.82, 2.24) is 5.32 Å². The topological polar surface area (TPSA) is 41.5 Å². The summed E-state index contributed by atoms with van der Waals surface area (Å²) < 4.78 is 5.51. The highest BCUT2D eigenvalue weighted by molar-refractivity contribution is 5.39. The second kappa shape index (κ2) is 6.59. The number of fused-ring (bicyclic) bond motifs is 1. The van der Waals surface area contributed by atoms with Crippen molar-refractivity contribution in [3.8, 4) is 5.75 Å². The molecular weight excluding hydrogens is 250 g/mol. The molecule has 0 spiro atoms. The summed E-state index contributed by atoms with van der Waals surface area (Å²) in [6.07, 6.45) is 2.69. The fourth-order valence-corrected chi connectivity index (χ4v) is 2.53. The molecule has 0 aliphatic carbocycles. The van der Waals surface area contributed by atoms with E-state index in [-0.39, 0.29) is 0 Å². The van der Waals surface area contributed by atoms with E-state index < -0.39 is 5.60 Å². The largest absolute Gasteiger partial charge is 0.493 e. The van der Waals surface area contributed by atoms with Crippen molar-refractivity contribution in [3.05, 3.63) is 29.3 Å². The van der Waals surface area contributed by atoms with Gasteiger partial charge in [-0.05, 0) is 49.4 Å². The molecule has 1 aliphatic heterocycles. The number of hydrogen-bond acceptors (Lipinski definition) is 3. The summed E-state index contributed by atoms with van der Waals surface area (Å²) >= 11 is 0. The van der Waals surface area contributed by atoms with Gasteiger partial charge in [0, 0.05) is 13.0 Å². The van der Waals surface area contributed by atoms with Crippen LogP contribution < -0.4 is 10.1 Å². The van der Waals surface area contributed by atoms with Gasteiger partial charge in [-0.2, -0.15) is 0 Å². The Hall–Kier alpha value is -1.06. The minimum absolute atomic E-state index is 0.613. The van der Waals surface area contributed by atoms with Crippen molar-refractivity contribution in [2.75, 3.05) is 19.7 Å². The molecule has 0 saturated heterocycles. The third kappa shape index (κ3) is 4.50. The van der Waals surface area contributed by atoms with Gasteiger partial charge < -0.3 is 15.2 Å². The Labute approximate surface area is 122 Å². The Morgan fingerprint density at radius 1 is 1.40 bits per heavy atom. The molecule has 0 amide bonds. The average Bonchev–Trinajstić information content (AvgIpc) is 2.83. The van der Waals surface area contributed by atoms with Gasteiger partial charge in [0.15, 0.2) is 0 Å². The van der Waals surface area contributed by atoms with E-state index in [0.717, 1.165) is 38.2 Å². The molecule has 0 saturated carbocycles. The van der Waals surface area contributed by atoms with E-state index in [0.29, 0.717) is 12.5 Å². The molecule has 112 valence electrons. The Morgan fingerprint density at radius 2 is 2.20 bits per heavy atom. The zero-order chi connectivity index (χ0) is 14.6. The Balaban J connectivity index is 1.81. The quantitative estimate of drug-likeness (QED) is 0.805. The van der Waals surface area contributed by atoms with Crippen LogP contribution in [0.15, 0.2) is 18.2 Å². The zero-order valence-corrected chi connectivity index (χ0v) is 12.9. The molecule has 2 rings (SSSR count). The molecule has 3 heteroatoms. The number of hydrogen-bond donors (Lipinski definition) is 2. The van der Waals surface area contributed by atoms with E-state index in [1.165, 1.54) is 11.1 Å². The first-order chi connectivity index (χ1) is 9.46. The number of benzene rings is 1. The van der Waals surface area contributed by atoms with Crippen LogP contribution in [0.4, 0.5) is 0 Å². The maximum Gasteiger partial charge on any atom is 0.122 e. The lowest BCUT2D eigenvalue weighted by Crippen LogP contribution is -2.39. The van der Waals surface area contributed by atoms with Crippen molar-refractivity contribution >= 4 is 0 Å². The fraction of sp³-hybridized carbons (Fsp3) is 0.647. The van der Waals surface area contributed by atoms with Gasteiger partial charge in [0.25, 0.3) is 0 Å². The molecule has 0 radical (unpaired) electrons. The van der Waals surface area contributed by atoms with Crippen LogP contribution in [-0.4, -0.2) is 30.4 Å². The van der Waals surface area contributed by atoms with Gasteiger partial charge in [0.05, 0.1) is 12.2 Å². The molecule has 20 heavy (non-hydrogen) atoms. The van der Waals surface area contributed by atoms with E-state index in [1.54, 1.807) is 0 Å². The summed E-state index contributed by atoms with van der Waals surface area (Å²) in [6.45, 7) is 8.67. The monoisotopic (exact) mass is 277 g/mol. The highest BCUT2D eigenvalue weighted by Crippen LogP contribution is 2.26. The molecule has 1 aromatic rings. The lowest BCUT2D eigenvalue weighted by Gasteiger charge is -2.24. The second-order valence-corrected chi connectivity index (χ2v) is 6.56. The fourth-order valence-electron chi connectivity index (χ4n) is 2.53. The van der Waals surface area contributed by atoms with Gasteiger partial charge in [-0.1, -0.05) is 26.0 Å². The maximum atomic E-state index is 10.4. The Morgan fingerprint density at radius 3 is 2.95 bits per heavy atom. The van der Waals surface area contributed by atoms with Gasteiger partial charge in [0.1, 0.15) is 5.75 Å². The van der Waals surface area contributed by atoms with Gasteiger partial charge in [0.2, 0.25) is 0 Å². The molecule has 1 unspecified atom stereocenters. The molecule has 1 atom stereocenters. The smallest absolute Gasteiger partial charge is 0.122 e. The summed E-state index contributed by atoms with van der Waals surface area (Å²) in [5.74, 6) is 1.64. The predicted octanol–water partition coefficient (Wildman–Crippen LogP) is 2.55. The highest BCUT2D eigenvalue weighted by atomic mass is 16.5. The molecule has 0 fully saturated rings. The van der Waals surface area contributed by atoms with E-state index in [2.05, 4.69) is 37.4 Å². The van der Waals surface area contributed by atoms with Crippen LogP contribution in [-0.2, 0) is 12.8 Å². The van der Waals surface area contributed by atoms with Gasteiger partial charge in [-0.15, -0.1) is 0 Å². The third-order valence-corrected chi connectivity index (χ3v) is 3.76. The summed E-state index contributed by atoms with van der Waals surface area (Å²) in [4.78, 5) is 0. The Kier molecular flexibility index (Phi) is 5.06. The van der Waals surface area contributed by atoms with Crippen LogP contribution in [0.2, 0.25) is 0 Å². The van der Waals surface area contributed by atoms with Crippen LogP contribution in [0.3, 0.4) is 0 Å². The van der Waals surface area contributed by atoms with E-state index in [4.69, 9.17) is 4.74 Å². The number of aryl methyl sites for hydroxylation is 1. The minimum Gasteiger partial charge on any atom is -0.493 e. The van der Waals surface area contributed by atoms with Crippen LogP contribution in [0.1, 0.15) is 38.3 Å². The van der Waals surface area contributed by atoms with Gasteiger partial charge in [-0.25, -0.2) is 0 Å². The molecule has 1 heterocycles.